The smallest absolute Gasteiger partial charge is 0.115 e. The molecular weight excluding hydrogens is 226 g/mol. The van der Waals surface area contributed by atoms with Crippen LogP contribution in [-0.2, 0) is 9.47 Å². The molecule has 0 saturated heterocycles. The van der Waals surface area contributed by atoms with Gasteiger partial charge < -0.3 is 15.2 Å². The summed E-state index contributed by atoms with van der Waals surface area (Å²) < 4.78 is 10.9. The van der Waals surface area contributed by atoms with E-state index in [1.807, 2.05) is 12.2 Å². The lowest BCUT2D eigenvalue weighted by atomic mass is 10.1. The van der Waals surface area contributed by atoms with Crippen molar-refractivity contribution in [2.24, 2.45) is 5.73 Å². The molecule has 18 heavy (non-hydrogen) atoms. The Morgan fingerprint density at radius 2 is 2.28 bits per heavy atom. The summed E-state index contributed by atoms with van der Waals surface area (Å²) in [5, 5.41) is 0. The van der Waals surface area contributed by atoms with Crippen molar-refractivity contribution in [2.75, 3.05) is 13.7 Å². The minimum Gasteiger partial charge on any atom is -0.497 e. The van der Waals surface area contributed by atoms with Gasteiger partial charge in [0.25, 0.3) is 0 Å². The van der Waals surface area contributed by atoms with Gasteiger partial charge in [0.05, 0.1) is 19.8 Å². The molecule has 1 rings (SSSR count). The Labute approximate surface area is 110 Å². The summed E-state index contributed by atoms with van der Waals surface area (Å²) in [7, 11) is 1.66. The Balaban J connectivity index is 2.83. The van der Waals surface area contributed by atoms with Crippen molar-refractivity contribution < 1.29 is 9.47 Å². The van der Waals surface area contributed by atoms with Crippen LogP contribution in [-0.4, -0.2) is 25.9 Å². The molecule has 0 spiro atoms. The quantitative estimate of drug-likeness (QED) is 0.581. The number of allylic oxidation sites excluding steroid dienone is 2. The molecule has 0 unspecified atom stereocenters. The molecule has 2 N–H and O–H groups in total. The van der Waals surface area contributed by atoms with Crippen molar-refractivity contribution in [2.45, 2.75) is 31.9 Å². The molecule has 1 saturated carbocycles. The maximum absolute atomic E-state index is 6.11. The minimum absolute atomic E-state index is 0.0102. The van der Waals surface area contributed by atoms with Gasteiger partial charge in [0, 0.05) is 6.04 Å². The molecule has 0 aliphatic heterocycles. The zero-order valence-electron chi connectivity index (χ0n) is 11.3. The Bertz CT molecular complexity index is 369. The molecular formula is C15H23NO2. The average Bonchev–Trinajstić information content (AvgIpc) is 2.63. The van der Waals surface area contributed by atoms with Gasteiger partial charge in [-0.3, -0.25) is 0 Å². The predicted octanol–water partition coefficient (Wildman–Crippen LogP) is 2.71. The monoisotopic (exact) mass is 249 g/mol. The van der Waals surface area contributed by atoms with Crippen LogP contribution in [0.2, 0.25) is 0 Å². The van der Waals surface area contributed by atoms with Crippen LogP contribution in [0.3, 0.4) is 0 Å². The van der Waals surface area contributed by atoms with E-state index >= 15 is 0 Å². The van der Waals surface area contributed by atoms with Crippen molar-refractivity contribution in [1.82, 2.24) is 0 Å². The van der Waals surface area contributed by atoms with Crippen LogP contribution >= 0.6 is 0 Å². The number of rotatable bonds is 6. The first-order valence-electron chi connectivity index (χ1n) is 6.27. The van der Waals surface area contributed by atoms with Gasteiger partial charge in [-0.15, -0.1) is 6.58 Å². The fraction of sp³-hybridized carbons (Fsp3) is 0.467. The third-order valence-corrected chi connectivity index (χ3v) is 2.98. The number of hydrogen-bond donors (Lipinski definition) is 1. The molecule has 1 aliphatic carbocycles. The summed E-state index contributed by atoms with van der Waals surface area (Å²) in [6, 6.07) is -0.0391. The lowest BCUT2D eigenvalue weighted by Gasteiger charge is -2.11. The summed E-state index contributed by atoms with van der Waals surface area (Å²) in [5.41, 5.74) is 8.08. The molecule has 0 amide bonds. The number of nitrogens with two attached hydrogens (primary N) is 1. The van der Waals surface area contributed by atoms with Gasteiger partial charge in [-0.2, -0.15) is 0 Å². The third kappa shape index (κ3) is 3.59. The molecule has 2 atom stereocenters. The fourth-order valence-electron chi connectivity index (χ4n) is 2.03. The molecule has 3 heteroatoms. The Morgan fingerprint density at radius 1 is 1.56 bits per heavy atom. The maximum atomic E-state index is 6.11. The van der Waals surface area contributed by atoms with Gasteiger partial charge in [-0.25, -0.2) is 0 Å². The van der Waals surface area contributed by atoms with E-state index in [-0.39, 0.29) is 12.1 Å². The standard InChI is InChI=1S/C15H23NO2/c1-5-7-12(17-4)9-13-11(3)15(10-14(13)16)18-8-6-2/h6-7,9,14-15H,2-3,5,8,10,16H2,1,4H3/b12-7+,13-9+/t14-,15+/m0/s1. The first-order valence-corrected chi connectivity index (χ1v) is 6.27. The molecule has 0 heterocycles. The summed E-state index contributed by atoms with van der Waals surface area (Å²) in [5.74, 6) is 0.827. The maximum Gasteiger partial charge on any atom is 0.115 e. The second-order valence-electron chi connectivity index (χ2n) is 4.30. The van der Waals surface area contributed by atoms with Gasteiger partial charge in [0.15, 0.2) is 0 Å². The van der Waals surface area contributed by atoms with E-state index in [4.69, 9.17) is 15.2 Å². The molecule has 0 aromatic rings. The molecule has 0 aromatic carbocycles. The fourth-order valence-corrected chi connectivity index (χ4v) is 2.03. The highest BCUT2D eigenvalue weighted by Gasteiger charge is 2.31. The second-order valence-corrected chi connectivity index (χ2v) is 4.30. The first kappa shape index (κ1) is 14.7. The van der Waals surface area contributed by atoms with E-state index in [0.717, 1.165) is 29.7 Å². The van der Waals surface area contributed by atoms with Crippen molar-refractivity contribution in [3.63, 3.8) is 0 Å². The topological polar surface area (TPSA) is 44.5 Å². The van der Waals surface area contributed by atoms with Gasteiger partial charge in [0.1, 0.15) is 5.76 Å². The number of ether oxygens (including phenoxy) is 2. The van der Waals surface area contributed by atoms with Gasteiger partial charge in [-0.05, 0) is 36.1 Å². The highest BCUT2D eigenvalue weighted by Crippen LogP contribution is 2.32. The molecule has 1 fully saturated rings. The van der Waals surface area contributed by atoms with E-state index in [1.165, 1.54) is 0 Å². The summed E-state index contributed by atoms with van der Waals surface area (Å²) in [6.45, 7) is 10.3. The summed E-state index contributed by atoms with van der Waals surface area (Å²) >= 11 is 0. The highest BCUT2D eigenvalue weighted by atomic mass is 16.5. The largest absolute Gasteiger partial charge is 0.497 e. The summed E-state index contributed by atoms with van der Waals surface area (Å²) in [4.78, 5) is 0. The SMILES string of the molecule is C=CCO[C@@H]1C[C@H](N)/C(=C/C(=C\CC)OC)C1=C. The second kappa shape index (κ2) is 7.19. The van der Waals surface area contributed by atoms with E-state index in [0.29, 0.717) is 6.61 Å². The first-order chi connectivity index (χ1) is 8.63. The van der Waals surface area contributed by atoms with Crippen LogP contribution in [0.4, 0.5) is 0 Å². The molecule has 3 nitrogen and oxygen atoms in total. The van der Waals surface area contributed by atoms with Crippen LogP contribution in [0.5, 0.6) is 0 Å². The molecule has 0 aromatic heterocycles. The Hall–Kier alpha value is -1.32. The van der Waals surface area contributed by atoms with Crippen molar-refractivity contribution in [3.05, 3.63) is 48.3 Å². The predicted molar refractivity (Wildman–Crippen MR) is 75.1 cm³/mol. The van der Waals surface area contributed by atoms with Crippen LogP contribution in [0.1, 0.15) is 19.8 Å². The lowest BCUT2D eigenvalue weighted by Crippen LogP contribution is -2.19. The van der Waals surface area contributed by atoms with E-state index in [1.54, 1.807) is 13.2 Å². The average molecular weight is 249 g/mol. The van der Waals surface area contributed by atoms with Crippen LogP contribution in [0, 0.1) is 0 Å². The highest BCUT2D eigenvalue weighted by molar-refractivity contribution is 5.44. The van der Waals surface area contributed by atoms with Gasteiger partial charge in [0.2, 0.25) is 0 Å². The molecule has 0 bridgehead atoms. The molecule has 100 valence electrons. The number of hydrogen-bond acceptors (Lipinski definition) is 3. The third-order valence-electron chi connectivity index (χ3n) is 2.98. The van der Waals surface area contributed by atoms with Crippen molar-refractivity contribution in [1.29, 1.82) is 0 Å². The lowest BCUT2D eigenvalue weighted by molar-refractivity contribution is 0.104. The zero-order chi connectivity index (χ0) is 13.5. The molecule has 0 radical (unpaired) electrons. The van der Waals surface area contributed by atoms with Crippen LogP contribution in [0.15, 0.2) is 48.3 Å². The van der Waals surface area contributed by atoms with Crippen LogP contribution in [0.25, 0.3) is 0 Å². The minimum atomic E-state index is -0.0391. The van der Waals surface area contributed by atoms with Crippen molar-refractivity contribution >= 4 is 0 Å². The zero-order valence-corrected chi connectivity index (χ0v) is 11.3. The number of methoxy groups -OCH3 is 1. The van der Waals surface area contributed by atoms with E-state index in [9.17, 15) is 0 Å². The Kier molecular flexibility index (Phi) is 5.89. The van der Waals surface area contributed by atoms with Crippen LogP contribution < -0.4 is 5.73 Å². The molecule has 1 aliphatic rings. The van der Waals surface area contributed by atoms with Gasteiger partial charge in [-0.1, -0.05) is 19.6 Å². The summed E-state index contributed by atoms with van der Waals surface area (Å²) in [6.07, 6.45) is 7.40. The normalized spacial score (nSPS) is 26.7. The van der Waals surface area contributed by atoms with E-state index in [2.05, 4.69) is 20.1 Å². The van der Waals surface area contributed by atoms with Crippen molar-refractivity contribution in [3.8, 4) is 0 Å². The van der Waals surface area contributed by atoms with Gasteiger partial charge >= 0.3 is 0 Å². The Morgan fingerprint density at radius 3 is 2.83 bits per heavy atom. The van der Waals surface area contributed by atoms with E-state index < -0.39 is 0 Å².